The number of rotatable bonds is 6. The predicted octanol–water partition coefficient (Wildman–Crippen LogP) is 1.82. The van der Waals surface area contributed by atoms with Crippen LogP contribution in [0.15, 0.2) is 24.3 Å². The third kappa shape index (κ3) is 4.04. The number of methoxy groups -OCH3 is 1. The fourth-order valence-electron chi connectivity index (χ4n) is 1.56. The summed E-state index contributed by atoms with van der Waals surface area (Å²) in [6, 6.07) is 8.00. The van der Waals surface area contributed by atoms with E-state index in [1.54, 1.807) is 12.0 Å². The van der Waals surface area contributed by atoms with Gasteiger partial charge >= 0.3 is 0 Å². The van der Waals surface area contributed by atoms with E-state index in [2.05, 4.69) is 5.32 Å². The summed E-state index contributed by atoms with van der Waals surface area (Å²) in [5, 5.41) is 3.22. The molecular formula is C14H22N2O2. The minimum atomic E-state index is 0.109. The molecule has 0 aromatic heterocycles. The molecule has 1 aromatic carbocycles. The third-order valence-corrected chi connectivity index (χ3v) is 3.08. The van der Waals surface area contributed by atoms with Crippen LogP contribution in [0.4, 0.5) is 0 Å². The van der Waals surface area contributed by atoms with Crippen molar-refractivity contribution >= 4 is 5.91 Å². The lowest BCUT2D eigenvalue weighted by Crippen LogP contribution is -2.36. The molecule has 1 aromatic rings. The molecule has 0 fully saturated rings. The maximum atomic E-state index is 11.7. The Bertz CT molecular complexity index is 376. The number of hydrogen-bond acceptors (Lipinski definition) is 3. The quantitative estimate of drug-likeness (QED) is 0.837. The first-order valence-corrected chi connectivity index (χ1v) is 6.19. The molecule has 0 radical (unpaired) electrons. The van der Waals surface area contributed by atoms with Gasteiger partial charge in [0, 0.05) is 19.6 Å². The first-order valence-electron chi connectivity index (χ1n) is 6.19. The highest BCUT2D eigenvalue weighted by Gasteiger charge is 2.10. The minimum absolute atomic E-state index is 0.109. The van der Waals surface area contributed by atoms with E-state index < -0.39 is 0 Å². The average Bonchev–Trinajstić information content (AvgIpc) is 2.43. The van der Waals surface area contributed by atoms with Crippen LogP contribution in [0.2, 0.25) is 0 Å². The van der Waals surface area contributed by atoms with Crippen molar-refractivity contribution in [3.63, 3.8) is 0 Å². The maximum Gasteiger partial charge on any atom is 0.236 e. The van der Waals surface area contributed by atoms with Gasteiger partial charge in [-0.05, 0) is 31.5 Å². The van der Waals surface area contributed by atoms with Gasteiger partial charge in [-0.15, -0.1) is 0 Å². The van der Waals surface area contributed by atoms with Crippen LogP contribution in [-0.2, 0) is 4.79 Å². The normalized spacial score (nSPS) is 12.0. The molecule has 0 saturated carbocycles. The molecule has 0 aliphatic heterocycles. The zero-order valence-electron chi connectivity index (χ0n) is 11.6. The molecular weight excluding hydrogens is 228 g/mol. The SMILES string of the molecule is CCN(C)C(=O)CN[C@@H](C)c1ccc(OC)cc1. The lowest BCUT2D eigenvalue weighted by molar-refractivity contribution is -0.128. The van der Waals surface area contributed by atoms with E-state index >= 15 is 0 Å². The van der Waals surface area contributed by atoms with Gasteiger partial charge in [-0.25, -0.2) is 0 Å². The Morgan fingerprint density at radius 1 is 1.39 bits per heavy atom. The van der Waals surface area contributed by atoms with Gasteiger partial charge in [0.2, 0.25) is 5.91 Å². The fourth-order valence-corrected chi connectivity index (χ4v) is 1.56. The highest BCUT2D eigenvalue weighted by molar-refractivity contribution is 5.77. The van der Waals surface area contributed by atoms with Gasteiger partial charge in [0.1, 0.15) is 5.75 Å². The van der Waals surface area contributed by atoms with Crippen molar-refractivity contribution in [2.45, 2.75) is 19.9 Å². The van der Waals surface area contributed by atoms with Crippen LogP contribution < -0.4 is 10.1 Å². The van der Waals surface area contributed by atoms with Crippen molar-refractivity contribution in [2.24, 2.45) is 0 Å². The molecule has 1 amide bonds. The van der Waals surface area contributed by atoms with Crippen LogP contribution >= 0.6 is 0 Å². The van der Waals surface area contributed by atoms with Crippen molar-refractivity contribution in [1.29, 1.82) is 0 Å². The molecule has 0 aliphatic carbocycles. The Kier molecular flexibility index (Phi) is 5.65. The predicted molar refractivity (Wildman–Crippen MR) is 72.7 cm³/mol. The minimum Gasteiger partial charge on any atom is -0.497 e. The Labute approximate surface area is 109 Å². The van der Waals surface area contributed by atoms with Crippen LogP contribution in [0.3, 0.4) is 0 Å². The number of hydrogen-bond donors (Lipinski definition) is 1. The fraction of sp³-hybridized carbons (Fsp3) is 0.500. The summed E-state index contributed by atoms with van der Waals surface area (Å²) < 4.78 is 5.11. The first-order chi connectivity index (χ1) is 8.58. The molecule has 0 heterocycles. The summed E-state index contributed by atoms with van der Waals surface area (Å²) in [6.45, 7) is 5.10. The maximum absolute atomic E-state index is 11.7. The van der Waals surface area contributed by atoms with Gasteiger partial charge in [-0.3, -0.25) is 4.79 Å². The Balaban J connectivity index is 2.49. The van der Waals surface area contributed by atoms with Crippen molar-refractivity contribution in [2.75, 3.05) is 27.2 Å². The summed E-state index contributed by atoms with van der Waals surface area (Å²) in [4.78, 5) is 13.4. The second kappa shape index (κ2) is 7.01. The summed E-state index contributed by atoms with van der Waals surface area (Å²) >= 11 is 0. The van der Waals surface area contributed by atoms with Crippen LogP contribution in [0.25, 0.3) is 0 Å². The lowest BCUT2D eigenvalue weighted by Gasteiger charge is -2.18. The van der Waals surface area contributed by atoms with Crippen LogP contribution in [0, 0.1) is 0 Å². The van der Waals surface area contributed by atoms with Crippen molar-refractivity contribution in [1.82, 2.24) is 10.2 Å². The van der Waals surface area contributed by atoms with Crippen LogP contribution in [0.5, 0.6) is 5.75 Å². The molecule has 100 valence electrons. The summed E-state index contributed by atoms with van der Waals surface area (Å²) in [5.74, 6) is 0.950. The Morgan fingerprint density at radius 2 is 2.00 bits per heavy atom. The van der Waals surface area contributed by atoms with E-state index in [9.17, 15) is 4.79 Å². The highest BCUT2D eigenvalue weighted by Crippen LogP contribution is 2.16. The smallest absolute Gasteiger partial charge is 0.236 e. The lowest BCUT2D eigenvalue weighted by atomic mass is 10.1. The Hall–Kier alpha value is -1.55. The number of carbonyl (C=O) groups excluding carboxylic acids is 1. The second-order valence-electron chi connectivity index (χ2n) is 4.28. The zero-order chi connectivity index (χ0) is 13.5. The van der Waals surface area contributed by atoms with Gasteiger partial charge < -0.3 is 15.0 Å². The number of carbonyl (C=O) groups is 1. The third-order valence-electron chi connectivity index (χ3n) is 3.08. The zero-order valence-corrected chi connectivity index (χ0v) is 11.6. The topological polar surface area (TPSA) is 41.6 Å². The molecule has 0 aliphatic rings. The molecule has 4 heteroatoms. The van der Waals surface area contributed by atoms with E-state index in [4.69, 9.17) is 4.74 Å². The molecule has 4 nitrogen and oxygen atoms in total. The summed E-state index contributed by atoms with van der Waals surface area (Å²) in [6.07, 6.45) is 0. The van der Waals surface area contributed by atoms with E-state index in [0.717, 1.165) is 17.9 Å². The molecule has 1 N–H and O–H groups in total. The molecule has 0 unspecified atom stereocenters. The highest BCUT2D eigenvalue weighted by atomic mass is 16.5. The number of nitrogens with one attached hydrogen (secondary N) is 1. The standard InChI is InChI=1S/C14H22N2O2/c1-5-16(3)14(17)10-15-11(2)12-6-8-13(18-4)9-7-12/h6-9,11,15H,5,10H2,1-4H3/t11-/m0/s1. The molecule has 0 spiro atoms. The molecule has 0 saturated heterocycles. The van der Waals surface area contributed by atoms with Gasteiger partial charge in [0.25, 0.3) is 0 Å². The van der Waals surface area contributed by atoms with Gasteiger partial charge in [-0.2, -0.15) is 0 Å². The van der Waals surface area contributed by atoms with E-state index in [1.807, 2.05) is 45.2 Å². The van der Waals surface area contributed by atoms with Gasteiger partial charge in [0.05, 0.1) is 13.7 Å². The average molecular weight is 250 g/mol. The summed E-state index contributed by atoms with van der Waals surface area (Å²) in [5.41, 5.74) is 1.14. The van der Waals surface area contributed by atoms with Crippen molar-refractivity contribution in [3.05, 3.63) is 29.8 Å². The molecule has 1 rings (SSSR count). The van der Waals surface area contributed by atoms with E-state index in [1.165, 1.54) is 0 Å². The van der Waals surface area contributed by atoms with Gasteiger partial charge in [0.15, 0.2) is 0 Å². The monoisotopic (exact) mass is 250 g/mol. The van der Waals surface area contributed by atoms with E-state index in [0.29, 0.717) is 6.54 Å². The van der Waals surface area contributed by atoms with Crippen LogP contribution in [-0.4, -0.2) is 38.1 Å². The van der Waals surface area contributed by atoms with Crippen molar-refractivity contribution in [3.8, 4) is 5.75 Å². The number of nitrogens with zero attached hydrogens (tertiary/aromatic N) is 1. The van der Waals surface area contributed by atoms with Gasteiger partial charge in [-0.1, -0.05) is 12.1 Å². The number of ether oxygens (including phenoxy) is 1. The number of likely N-dealkylation sites (N-methyl/N-ethyl adjacent to an activating group) is 1. The number of amides is 1. The van der Waals surface area contributed by atoms with Crippen molar-refractivity contribution < 1.29 is 9.53 Å². The molecule has 1 atom stereocenters. The first kappa shape index (κ1) is 14.5. The summed E-state index contributed by atoms with van der Waals surface area (Å²) in [7, 11) is 3.46. The van der Waals surface area contributed by atoms with Crippen LogP contribution in [0.1, 0.15) is 25.5 Å². The Morgan fingerprint density at radius 3 is 2.50 bits per heavy atom. The largest absolute Gasteiger partial charge is 0.497 e. The van der Waals surface area contributed by atoms with E-state index in [-0.39, 0.29) is 11.9 Å². The number of benzene rings is 1. The molecule has 0 bridgehead atoms. The molecule has 18 heavy (non-hydrogen) atoms. The second-order valence-corrected chi connectivity index (χ2v) is 4.28.